The number of likely N-dealkylation sites (tertiary alicyclic amines) is 1. The zero-order valence-corrected chi connectivity index (χ0v) is 12.2. The summed E-state index contributed by atoms with van der Waals surface area (Å²) in [5, 5.41) is 24.5. The molecule has 0 radical (unpaired) electrons. The number of hydrogen-bond donors (Lipinski definition) is 1. The van der Waals surface area contributed by atoms with E-state index in [-0.39, 0.29) is 17.2 Å². The van der Waals surface area contributed by atoms with Gasteiger partial charge in [0, 0.05) is 6.54 Å². The SMILES string of the molecule is O=[N+]([O-])c1cnc(NCCCN2CCCCC2)c([N+](=O)[O-])c1. The fourth-order valence-electron chi connectivity index (χ4n) is 2.51. The average molecular weight is 309 g/mol. The molecule has 2 heterocycles. The minimum absolute atomic E-state index is 0.0780. The van der Waals surface area contributed by atoms with Crippen LogP contribution < -0.4 is 5.32 Å². The smallest absolute Gasteiger partial charge is 0.318 e. The Morgan fingerprint density at radius 2 is 1.91 bits per heavy atom. The van der Waals surface area contributed by atoms with Crippen LogP contribution in [0.1, 0.15) is 25.7 Å². The van der Waals surface area contributed by atoms with E-state index < -0.39 is 9.85 Å². The van der Waals surface area contributed by atoms with E-state index >= 15 is 0 Å². The molecule has 0 saturated carbocycles. The van der Waals surface area contributed by atoms with Crippen molar-refractivity contribution in [1.82, 2.24) is 9.88 Å². The minimum Gasteiger partial charge on any atom is -0.364 e. The third kappa shape index (κ3) is 4.35. The second kappa shape index (κ2) is 7.64. The average Bonchev–Trinajstić information content (AvgIpc) is 2.52. The van der Waals surface area contributed by atoms with E-state index in [0.29, 0.717) is 6.54 Å². The molecule has 9 heteroatoms. The molecule has 1 aliphatic rings. The summed E-state index contributed by atoms with van der Waals surface area (Å²) in [7, 11) is 0. The first-order valence-electron chi connectivity index (χ1n) is 7.33. The molecule has 0 spiro atoms. The summed E-state index contributed by atoms with van der Waals surface area (Å²) in [4.78, 5) is 26.4. The molecule has 2 rings (SSSR count). The molecule has 1 aromatic heterocycles. The van der Waals surface area contributed by atoms with E-state index in [9.17, 15) is 20.2 Å². The van der Waals surface area contributed by atoms with Crippen LogP contribution in [0.3, 0.4) is 0 Å². The van der Waals surface area contributed by atoms with E-state index in [1.165, 1.54) is 19.3 Å². The minimum atomic E-state index is -0.694. The Labute approximate surface area is 127 Å². The molecule has 1 saturated heterocycles. The number of piperidine rings is 1. The van der Waals surface area contributed by atoms with Gasteiger partial charge in [-0.05, 0) is 38.9 Å². The molecule has 0 aromatic carbocycles. The number of anilines is 1. The van der Waals surface area contributed by atoms with Gasteiger partial charge in [-0.1, -0.05) is 6.42 Å². The highest BCUT2D eigenvalue weighted by Crippen LogP contribution is 2.26. The molecular weight excluding hydrogens is 290 g/mol. The number of hydrogen-bond acceptors (Lipinski definition) is 7. The maximum atomic E-state index is 11.0. The first kappa shape index (κ1) is 16.1. The monoisotopic (exact) mass is 309 g/mol. The molecule has 1 aliphatic heterocycles. The summed E-state index contributed by atoms with van der Waals surface area (Å²) < 4.78 is 0. The van der Waals surface area contributed by atoms with Gasteiger partial charge in [0.05, 0.1) is 15.9 Å². The van der Waals surface area contributed by atoms with E-state index in [1.807, 2.05) is 0 Å². The van der Waals surface area contributed by atoms with Gasteiger partial charge in [0.15, 0.2) is 0 Å². The summed E-state index contributed by atoms with van der Waals surface area (Å²) in [6, 6.07) is 0.931. The summed E-state index contributed by atoms with van der Waals surface area (Å²) in [5.41, 5.74) is -0.752. The fraction of sp³-hybridized carbons (Fsp3) is 0.615. The molecular formula is C13H19N5O4. The van der Waals surface area contributed by atoms with E-state index in [4.69, 9.17) is 0 Å². The van der Waals surface area contributed by atoms with Crippen molar-refractivity contribution < 1.29 is 9.85 Å². The van der Waals surface area contributed by atoms with E-state index in [2.05, 4.69) is 15.2 Å². The predicted octanol–water partition coefficient (Wildman–Crippen LogP) is 2.19. The van der Waals surface area contributed by atoms with Crippen molar-refractivity contribution >= 4 is 17.2 Å². The number of rotatable bonds is 7. The Kier molecular flexibility index (Phi) is 5.59. The summed E-state index contributed by atoms with van der Waals surface area (Å²) in [6.07, 6.45) is 5.61. The molecule has 1 N–H and O–H groups in total. The first-order valence-corrected chi connectivity index (χ1v) is 7.33. The van der Waals surface area contributed by atoms with Gasteiger partial charge >= 0.3 is 5.69 Å². The van der Waals surface area contributed by atoms with Crippen molar-refractivity contribution in [3.05, 3.63) is 32.5 Å². The molecule has 0 aliphatic carbocycles. The molecule has 0 bridgehead atoms. The van der Waals surface area contributed by atoms with Crippen molar-refractivity contribution in [1.29, 1.82) is 0 Å². The number of aromatic nitrogens is 1. The van der Waals surface area contributed by atoms with E-state index in [0.717, 1.165) is 38.3 Å². The van der Waals surface area contributed by atoms with Gasteiger partial charge in [-0.2, -0.15) is 0 Å². The van der Waals surface area contributed by atoms with Crippen molar-refractivity contribution in [3.8, 4) is 0 Å². The van der Waals surface area contributed by atoms with Gasteiger partial charge < -0.3 is 10.2 Å². The molecule has 0 atom stereocenters. The standard InChI is InChI=1S/C13H19N5O4/c19-17(20)11-9-12(18(21)22)13(15-10-11)14-5-4-8-16-6-2-1-3-7-16/h9-10H,1-8H2,(H,14,15). The lowest BCUT2D eigenvalue weighted by Crippen LogP contribution is -2.31. The fourth-order valence-corrected chi connectivity index (χ4v) is 2.51. The van der Waals surface area contributed by atoms with Crippen LogP contribution in [0.15, 0.2) is 12.3 Å². The normalized spacial score (nSPS) is 15.5. The Bertz CT molecular complexity index is 545. The van der Waals surface area contributed by atoms with E-state index in [1.54, 1.807) is 0 Å². The second-order valence-electron chi connectivity index (χ2n) is 5.26. The van der Waals surface area contributed by atoms with Crippen molar-refractivity contribution in [2.45, 2.75) is 25.7 Å². The Balaban J connectivity index is 1.88. The zero-order chi connectivity index (χ0) is 15.9. The summed E-state index contributed by atoms with van der Waals surface area (Å²) >= 11 is 0. The van der Waals surface area contributed by atoms with Gasteiger partial charge in [0.2, 0.25) is 5.82 Å². The van der Waals surface area contributed by atoms with Gasteiger partial charge in [0.25, 0.3) is 5.69 Å². The lowest BCUT2D eigenvalue weighted by molar-refractivity contribution is -0.394. The zero-order valence-electron chi connectivity index (χ0n) is 12.2. The predicted molar refractivity (Wildman–Crippen MR) is 80.9 cm³/mol. The van der Waals surface area contributed by atoms with Crippen molar-refractivity contribution in [2.24, 2.45) is 0 Å². The quantitative estimate of drug-likeness (QED) is 0.466. The lowest BCUT2D eigenvalue weighted by Gasteiger charge is -2.26. The third-order valence-corrected chi connectivity index (χ3v) is 3.65. The van der Waals surface area contributed by atoms with Crippen LogP contribution in [0.5, 0.6) is 0 Å². The number of nitrogens with zero attached hydrogens (tertiary/aromatic N) is 4. The van der Waals surface area contributed by atoms with Crippen LogP contribution in [0.2, 0.25) is 0 Å². The second-order valence-corrected chi connectivity index (χ2v) is 5.26. The topological polar surface area (TPSA) is 114 Å². The number of nitrogens with one attached hydrogen (secondary N) is 1. The summed E-state index contributed by atoms with van der Waals surface area (Å²) in [6.45, 7) is 3.70. The van der Waals surface area contributed by atoms with Crippen molar-refractivity contribution in [2.75, 3.05) is 31.5 Å². The van der Waals surface area contributed by atoms with Crippen LogP contribution >= 0.6 is 0 Å². The highest BCUT2D eigenvalue weighted by atomic mass is 16.6. The Morgan fingerprint density at radius 1 is 1.18 bits per heavy atom. The maximum Gasteiger partial charge on any atom is 0.318 e. The maximum absolute atomic E-state index is 11.0. The third-order valence-electron chi connectivity index (χ3n) is 3.65. The molecule has 22 heavy (non-hydrogen) atoms. The molecule has 0 unspecified atom stereocenters. The number of pyridine rings is 1. The van der Waals surface area contributed by atoms with Gasteiger partial charge in [-0.15, -0.1) is 0 Å². The van der Waals surface area contributed by atoms with Crippen LogP contribution in [0.4, 0.5) is 17.2 Å². The first-order chi connectivity index (χ1) is 10.6. The Hall–Kier alpha value is -2.29. The van der Waals surface area contributed by atoms with Crippen molar-refractivity contribution in [3.63, 3.8) is 0 Å². The largest absolute Gasteiger partial charge is 0.364 e. The molecule has 1 fully saturated rings. The van der Waals surface area contributed by atoms with Crippen LogP contribution in [0, 0.1) is 20.2 Å². The highest BCUT2D eigenvalue weighted by molar-refractivity contribution is 5.59. The van der Waals surface area contributed by atoms with Crippen LogP contribution in [0.25, 0.3) is 0 Å². The Morgan fingerprint density at radius 3 is 2.55 bits per heavy atom. The molecule has 1 aromatic rings. The molecule has 0 amide bonds. The van der Waals surface area contributed by atoms with Gasteiger partial charge in [0.1, 0.15) is 6.20 Å². The summed E-state index contributed by atoms with van der Waals surface area (Å²) in [5.74, 6) is 0.0780. The molecule has 9 nitrogen and oxygen atoms in total. The molecule has 120 valence electrons. The highest BCUT2D eigenvalue weighted by Gasteiger charge is 2.20. The van der Waals surface area contributed by atoms with Gasteiger partial charge in [-0.3, -0.25) is 20.2 Å². The number of nitro groups is 2. The van der Waals surface area contributed by atoms with Crippen LogP contribution in [-0.2, 0) is 0 Å². The van der Waals surface area contributed by atoms with Gasteiger partial charge in [-0.25, -0.2) is 4.98 Å². The van der Waals surface area contributed by atoms with Crippen LogP contribution in [-0.4, -0.2) is 45.9 Å². The lowest BCUT2D eigenvalue weighted by atomic mass is 10.1.